The van der Waals surface area contributed by atoms with Gasteiger partial charge in [0.1, 0.15) is 11.2 Å². The zero-order chi connectivity index (χ0) is 35.2. The van der Waals surface area contributed by atoms with Crippen molar-refractivity contribution in [1.29, 1.82) is 0 Å². The number of fused-ring (bicyclic) bond motifs is 4. The molecule has 3 atom stereocenters. The number of allylic oxidation sites excluding steroid dienone is 10. The zero-order valence-corrected chi connectivity index (χ0v) is 30.0. The maximum absolute atomic E-state index is 6.47. The third kappa shape index (κ3) is 5.58. The Morgan fingerprint density at radius 1 is 0.654 bits per heavy atom. The van der Waals surface area contributed by atoms with Gasteiger partial charge in [-0.05, 0) is 79.6 Å². The van der Waals surface area contributed by atoms with Crippen LogP contribution in [-0.2, 0) is 0 Å². The predicted octanol–water partition coefficient (Wildman–Crippen LogP) is 14.3. The Hall–Kier alpha value is -5.92. The van der Waals surface area contributed by atoms with E-state index < -0.39 is 0 Å². The van der Waals surface area contributed by atoms with Gasteiger partial charge >= 0.3 is 0 Å². The van der Waals surface area contributed by atoms with Gasteiger partial charge in [0.25, 0.3) is 0 Å². The second-order valence-electron chi connectivity index (χ2n) is 14.5. The van der Waals surface area contributed by atoms with E-state index in [9.17, 15) is 0 Å². The lowest BCUT2D eigenvalue weighted by atomic mass is 9.73. The van der Waals surface area contributed by atoms with Gasteiger partial charge in [0.2, 0.25) is 0 Å². The number of furan rings is 1. The van der Waals surface area contributed by atoms with Gasteiger partial charge in [0, 0.05) is 22.3 Å². The van der Waals surface area contributed by atoms with Crippen LogP contribution in [0.15, 0.2) is 191 Å². The lowest BCUT2D eigenvalue weighted by Crippen LogP contribution is -2.15. The first kappa shape index (κ1) is 32.0. The molecule has 7 aromatic rings. The van der Waals surface area contributed by atoms with Crippen molar-refractivity contribution in [3.63, 3.8) is 0 Å². The van der Waals surface area contributed by atoms with Crippen LogP contribution in [0.1, 0.15) is 44.2 Å². The van der Waals surface area contributed by atoms with Crippen LogP contribution >= 0.6 is 0 Å². The van der Waals surface area contributed by atoms with Gasteiger partial charge in [-0.15, -0.1) is 0 Å². The van der Waals surface area contributed by atoms with Crippen molar-refractivity contribution >= 4 is 38.3 Å². The number of hydrogen-bond donors (Lipinski definition) is 0. The first-order chi connectivity index (χ1) is 25.5. The van der Waals surface area contributed by atoms with E-state index in [0.29, 0.717) is 11.8 Å². The molecule has 252 valence electrons. The van der Waals surface area contributed by atoms with Gasteiger partial charge in [0.05, 0.1) is 0 Å². The molecular formula is C51H42O. The second-order valence-corrected chi connectivity index (χ2v) is 14.5. The lowest BCUT2D eigenvalue weighted by Gasteiger charge is -2.31. The average molecular weight is 671 g/mol. The van der Waals surface area contributed by atoms with E-state index in [-0.39, 0.29) is 5.92 Å². The van der Waals surface area contributed by atoms with E-state index in [4.69, 9.17) is 4.42 Å². The molecule has 52 heavy (non-hydrogen) atoms. The Kier molecular flexibility index (Phi) is 8.20. The van der Waals surface area contributed by atoms with Crippen LogP contribution in [0.25, 0.3) is 60.5 Å². The minimum Gasteiger partial charge on any atom is -0.455 e. The summed E-state index contributed by atoms with van der Waals surface area (Å²) >= 11 is 0. The Morgan fingerprint density at radius 2 is 1.38 bits per heavy atom. The van der Waals surface area contributed by atoms with Crippen LogP contribution in [0.4, 0.5) is 0 Å². The largest absolute Gasteiger partial charge is 0.455 e. The average Bonchev–Trinajstić information content (AvgIpc) is 3.58. The summed E-state index contributed by atoms with van der Waals surface area (Å²) in [4.78, 5) is 0. The Labute approximate surface area is 306 Å². The Bertz CT molecular complexity index is 2630. The second kappa shape index (κ2) is 13.3. The van der Waals surface area contributed by atoms with Crippen molar-refractivity contribution in [2.24, 2.45) is 11.8 Å². The number of hydrogen-bond acceptors (Lipinski definition) is 1. The van der Waals surface area contributed by atoms with Gasteiger partial charge < -0.3 is 4.42 Å². The minimum absolute atomic E-state index is 0.216. The number of benzene rings is 6. The summed E-state index contributed by atoms with van der Waals surface area (Å²) in [5, 5.41) is 4.87. The summed E-state index contributed by atoms with van der Waals surface area (Å²) in [5.74, 6) is 0.926. The molecular weight excluding hydrogens is 629 g/mol. The smallest absolute Gasteiger partial charge is 0.143 e. The summed E-state index contributed by atoms with van der Waals surface area (Å²) in [6, 6.07) is 48.6. The van der Waals surface area contributed by atoms with Crippen molar-refractivity contribution in [3.8, 4) is 22.3 Å². The molecule has 0 saturated heterocycles. The van der Waals surface area contributed by atoms with E-state index in [1.807, 2.05) is 6.07 Å². The topological polar surface area (TPSA) is 13.1 Å². The maximum atomic E-state index is 6.47. The normalized spacial score (nSPS) is 18.8. The SMILES string of the molecule is CC1CC=CC(/C(=C2/C=CC=CC2C)c2ccc(-c3cccc4ccccc34)cc2)=C1C(C)c1cccc(-c2cccc3c2oc2ccccc23)c1. The molecule has 2 aliphatic rings. The third-order valence-electron chi connectivity index (χ3n) is 11.3. The highest BCUT2D eigenvalue weighted by Gasteiger charge is 2.28. The molecule has 1 heteroatoms. The fourth-order valence-corrected chi connectivity index (χ4v) is 8.62. The molecule has 0 radical (unpaired) electrons. The van der Waals surface area contributed by atoms with Crippen molar-refractivity contribution in [1.82, 2.24) is 0 Å². The van der Waals surface area contributed by atoms with Crippen molar-refractivity contribution in [2.75, 3.05) is 0 Å². The minimum atomic E-state index is 0.216. The standard InChI is InChI=1S/C51H42O/c1-33-14-4-6-20-41(33)50(38-30-28-37(29-31-38)43-23-12-17-36-16-5-7-21-42(36)43)47-26-10-15-34(2)49(47)35(3)39-18-11-19-40(32-39)44-24-13-25-46-45-22-8-9-27-48(45)52-51(44)46/h4-14,16-35H,15H2,1-3H3/b50-41-. The van der Waals surface area contributed by atoms with E-state index >= 15 is 0 Å². The molecule has 3 unspecified atom stereocenters. The van der Waals surface area contributed by atoms with Gasteiger partial charge in [0.15, 0.2) is 0 Å². The fourth-order valence-electron chi connectivity index (χ4n) is 8.62. The highest BCUT2D eigenvalue weighted by Crippen LogP contribution is 2.45. The number of rotatable bonds is 6. The van der Waals surface area contributed by atoms with Crippen molar-refractivity contribution in [2.45, 2.75) is 33.1 Å². The molecule has 9 rings (SSSR count). The van der Waals surface area contributed by atoms with E-state index in [1.54, 1.807) is 0 Å². The highest BCUT2D eigenvalue weighted by atomic mass is 16.3. The van der Waals surface area contributed by atoms with Crippen LogP contribution in [-0.4, -0.2) is 0 Å². The fraction of sp³-hybridized carbons (Fsp3) is 0.137. The molecule has 1 nitrogen and oxygen atoms in total. The van der Waals surface area contributed by atoms with Crippen LogP contribution in [0.2, 0.25) is 0 Å². The quantitative estimate of drug-likeness (QED) is 0.172. The van der Waals surface area contributed by atoms with Crippen molar-refractivity contribution < 1.29 is 4.42 Å². The van der Waals surface area contributed by atoms with E-state index in [2.05, 4.69) is 185 Å². The summed E-state index contributed by atoms with van der Waals surface area (Å²) in [6.07, 6.45) is 14.9. The zero-order valence-electron chi connectivity index (χ0n) is 30.0. The molecule has 0 amide bonds. The molecule has 0 spiro atoms. The van der Waals surface area contributed by atoms with Crippen LogP contribution in [0.5, 0.6) is 0 Å². The molecule has 2 aliphatic carbocycles. The summed E-state index contributed by atoms with van der Waals surface area (Å²) in [6.45, 7) is 7.12. The molecule has 0 saturated carbocycles. The molecule has 6 aromatic carbocycles. The van der Waals surface area contributed by atoms with E-state index in [1.165, 1.54) is 60.9 Å². The predicted molar refractivity (Wildman–Crippen MR) is 221 cm³/mol. The molecule has 0 aliphatic heterocycles. The van der Waals surface area contributed by atoms with Crippen LogP contribution < -0.4 is 0 Å². The molecule has 1 aromatic heterocycles. The third-order valence-corrected chi connectivity index (χ3v) is 11.3. The summed E-state index contributed by atoms with van der Waals surface area (Å²) in [7, 11) is 0. The van der Waals surface area contributed by atoms with Gasteiger partial charge in [-0.3, -0.25) is 0 Å². The van der Waals surface area contributed by atoms with E-state index in [0.717, 1.165) is 33.9 Å². The summed E-state index contributed by atoms with van der Waals surface area (Å²) < 4.78 is 6.47. The highest BCUT2D eigenvalue weighted by molar-refractivity contribution is 6.09. The molecule has 1 heterocycles. The number of para-hydroxylation sites is 2. The molecule has 0 N–H and O–H groups in total. The van der Waals surface area contributed by atoms with Crippen LogP contribution in [0, 0.1) is 11.8 Å². The summed E-state index contributed by atoms with van der Waals surface area (Å²) in [5.41, 5.74) is 14.8. The van der Waals surface area contributed by atoms with Gasteiger partial charge in [-0.25, -0.2) is 0 Å². The van der Waals surface area contributed by atoms with Gasteiger partial charge in [-0.2, -0.15) is 0 Å². The van der Waals surface area contributed by atoms with Crippen LogP contribution in [0.3, 0.4) is 0 Å². The first-order valence-corrected chi connectivity index (χ1v) is 18.6. The lowest BCUT2D eigenvalue weighted by molar-refractivity contribution is 0.620. The van der Waals surface area contributed by atoms with Crippen molar-refractivity contribution in [3.05, 3.63) is 198 Å². The Balaban J connectivity index is 1.16. The first-order valence-electron chi connectivity index (χ1n) is 18.6. The maximum Gasteiger partial charge on any atom is 0.143 e. The monoisotopic (exact) mass is 670 g/mol. The molecule has 0 bridgehead atoms. The molecule has 0 fully saturated rings. The Morgan fingerprint density at radius 3 is 2.25 bits per heavy atom. The van der Waals surface area contributed by atoms with Gasteiger partial charge in [-0.1, -0.05) is 190 Å².